The molecule has 0 saturated heterocycles. The minimum atomic E-state index is -4.63. The van der Waals surface area contributed by atoms with E-state index in [-0.39, 0.29) is 21.8 Å². The van der Waals surface area contributed by atoms with Crippen molar-refractivity contribution in [3.8, 4) is 28.0 Å². The molecule has 0 fully saturated rings. The monoisotopic (exact) mass is 404 g/mol. The third-order valence-corrected chi connectivity index (χ3v) is 5.19. The van der Waals surface area contributed by atoms with Crippen LogP contribution < -0.4 is 4.18 Å². The van der Waals surface area contributed by atoms with Crippen molar-refractivity contribution in [1.82, 2.24) is 0 Å². The lowest BCUT2D eigenvalue weighted by Gasteiger charge is -2.16. The molecule has 0 unspecified atom stereocenters. The van der Waals surface area contributed by atoms with Crippen LogP contribution in [0.1, 0.15) is 0 Å². The van der Waals surface area contributed by atoms with E-state index < -0.39 is 20.2 Å². The van der Waals surface area contributed by atoms with Gasteiger partial charge in [0.2, 0.25) is 0 Å². The largest absolute Gasteiger partial charge is 0.383 e. The Morgan fingerprint density at radius 3 is 1.48 bits per heavy atom. The minimum Gasteiger partial charge on any atom is -0.383 e. The lowest BCUT2D eigenvalue weighted by molar-refractivity contribution is 0.483. The van der Waals surface area contributed by atoms with Gasteiger partial charge >= 0.3 is 10.1 Å². The first kappa shape index (κ1) is 19.1. The van der Waals surface area contributed by atoms with E-state index >= 15 is 0 Å². The van der Waals surface area contributed by atoms with Gasteiger partial charge in [-0.3, -0.25) is 4.55 Å². The molecule has 3 aromatic rings. The average molecular weight is 404 g/mol. The normalized spacial score (nSPS) is 11.9. The Balaban J connectivity index is 2.42. The SMILES string of the molecule is CS(=O)(=O)Oc1cc(-c2ccccc2)c(S(=O)(=O)O)c(-c2ccccc2)c1. The second-order valence-corrected chi connectivity index (χ2v) is 8.78. The van der Waals surface area contributed by atoms with Gasteiger partial charge in [0.05, 0.1) is 6.26 Å². The van der Waals surface area contributed by atoms with Gasteiger partial charge in [0.1, 0.15) is 10.6 Å². The maximum absolute atomic E-state index is 12.2. The number of rotatable bonds is 5. The van der Waals surface area contributed by atoms with E-state index in [0.29, 0.717) is 11.1 Å². The molecule has 0 aromatic heterocycles. The maximum Gasteiger partial charge on any atom is 0.306 e. The number of benzene rings is 3. The second-order valence-electron chi connectivity index (χ2n) is 5.84. The van der Waals surface area contributed by atoms with Crippen molar-refractivity contribution in [3.63, 3.8) is 0 Å². The van der Waals surface area contributed by atoms with Crippen molar-refractivity contribution in [1.29, 1.82) is 0 Å². The van der Waals surface area contributed by atoms with Crippen molar-refractivity contribution in [2.45, 2.75) is 4.90 Å². The van der Waals surface area contributed by atoms with Gasteiger partial charge in [-0.2, -0.15) is 16.8 Å². The summed E-state index contributed by atoms with van der Waals surface area (Å²) >= 11 is 0. The maximum atomic E-state index is 12.2. The van der Waals surface area contributed by atoms with Gasteiger partial charge in [-0.15, -0.1) is 0 Å². The van der Waals surface area contributed by atoms with E-state index in [2.05, 4.69) is 0 Å². The van der Waals surface area contributed by atoms with E-state index in [1.54, 1.807) is 60.7 Å². The fourth-order valence-electron chi connectivity index (χ4n) is 2.77. The molecule has 0 aliphatic carbocycles. The van der Waals surface area contributed by atoms with Gasteiger partial charge in [0, 0.05) is 11.1 Å². The number of hydrogen-bond donors (Lipinski definition) is 1. The van der Waals surface area contributed by atoms with Gasteiger partial charge in [0.15, 0.2) is 0 Å². The Hall–Kier alpha value is -2.68. The van der Waals surface area contributed by atoms with Crippen LogP contribution >= 0.6 is 0 Å². The van der Waals surface area contributed by atoms with Crippen LogP contribution in [0.15, 0.2) is 77.7 Å². The average Bonchev–Trinajstić information content (AvgIpc) is 2.60. The van der Waals surface area contributed by atoms with Crippen molar-refractivity contribution in [2.24, 2.45) is 0 Å². The summed E-state index contributed by atoms with van der Waals surface area (Å²) in [6, 6.07) is 19.5. The van der Waals surface area contributed by atoms with E-state index in [0.717, 1.165) is 6.26 Å². The molecule has 0 aliphatic rings. The third-order valence-electron chi connectivity index (χ3n) is 3.74. The molecule has 0 amide bonds. The van der Waals surface area contributed by atoms with E-state index in [4.69, 9.17) is 4.18 Å². The zero-order chi connectivity index (χ0) is 19.7. The van der Waals surface area contributed by atoms with Crippen LogP contribution in [0, 0.1) is 0 Å². The molecule has 27 heavy (non-hydrogen) atoms. The molecule has 0 atom stereocenters. The Morgan fingerprint density at radius 1 is 0.741 bits per heavy atom. The minimum absolute atomic E-state index is 0.0531. The van der Waals surface area contributed by atoms with E-state index in [9.17, 15) is 21.4 Å². The zero-order valence-electron chi connectivity index (χ0n) is 14.2. The summed E-state index contributed by atoms with van der Waals surface area (Å²) in [5.41, 5.74) is 1.25. The first-order chi connectivity index (χ1) is 12.6. The van der Waals surface area contributed by atoms with Crippen molar-refractivity contribution in [3.05, 3.63) is 72.8 Å². The van der Waals surface area contributed by atoms with Crippen LogP contribution in [0.4, 0.5) is 0 Å². The highest BCUT2D eigenvalue weighted by molar-refractivity contribution is 7.86. The predicted molar refractivity (Wildman–Crippen MR) is 103 cm³/mol. The molecule has 8 heteroatoms. The Labute approximate surface area is 157 Å². The topological polar surface area (TPSA) is 97.7 Å². The van der Waals surface area contributed by atoms with Gasteiger partial charge in [-0.05, 0) is 23.3 Å². The van der Waals surface area contributed by atoms with Gasteiger partial charge in [-0.1, -0.05) is 60.7 Å². The summed E-state index contributed by atoms with van der Waals surface area (Å²) in [6.07, 6.45) is 0.897. The molecule has 0 bridgehead atoms. The fourth-order valence-corrected chi connectivity index (χ4v) is 4.12. The Kier molecular flexibility index (Phi) is 5.05. The highest BCUT2D eigenvalue weighted by Crippen LogP contribution is 2.39. The van der Waals surface area contributed by atoms with Crippen molar-refractivity contribution < 1.29 is 25.6 Å². The van der Waals surface area contributed by atoms with Crippen LogP contribution in [-0.2, 0) is 20.2 Å². The third kappa shape index (κ3) is 4.54. The highest BCUT2D eigenvalue weighted by Gasteiger charge is 2.25. The molecular weight excluding hydrogens is 388 g/mol. The summed E-state index contributed by atoms with van der Waals surface area (Å²) in [6.45, 7) is 0. The first-order valence-electron chi connectivity index (χ1n) is 7.81. The lowest BCUT2D eigenvalue weighted by Crippen LogP contribution is -2.08. The van der Waals surface area contributed by atoms with Crippen LogP contribution in [0.5, 0.6) is 5.75 Å². The standard InChI is InChI=1S/C19H16O6S2/c1-26(20,21)25-16-12-17(14-8-4-2-5-9-14)19(27(22,23)24)18(13-16)15-10-6-3-7-11-15/h2-13H,1H3,(H,22,23,24). The Morgan fingerprint density at radius 2 is 1.15 bits per heavy atom. The molecule has 3 rings (SSSR count). The predicted octanol–water partition coefficient (Wildman–Crippen LogP) is 3.61. The smallest absolute Gasteiger partial charge is 0.306 e. The summed E-state index contributed by atoms with van der Waals surface area (Å²) in [4.78, 5) is -0.319. The van der Waals surface area contributed by atoms with Crippen molar-refractivity contribution in [2.75, 3.05) is 6.26 Å². The molecule has 0 aliphatic heterocycles. The van der Waals surface area contributed by atoms with Crippen LogP contribution in [0.3, 0.4) is 0 Å². The second kappa shape index (κ2) is 7.15. The molecule has 1 N–H and O–H groups in total. The van der Waals surface area contributed by atoms with Crippen molar-refractivity contribution >= 4 is 20.2 Å². The zero-order valence-corrected chi connectivity index (χ0v) is 15.9. The van der Waals surface area contributed by atoms with E-state index in [1.165, 1.54) is 12.1 Å². The molecule has 140 valence electrons. The van der Waals surface area contributed by atoms with E-state index in [1.807, 2.05) is 0 Å². The molecule has 3 aromatic carbocycles. The number of hydrogen-bond acceptors (Lipinski definition) is 5. The van der Waals surface area contributed by atoms with Crippen LogP contribution in [0.2, 0.25) is 0 Å². The summed E-state index contributed by atoms with van der Waals surface area (Å²) in [7, 11) is -8.46. The van der Waals surface area contributed by atoms with Gasteiger partial charge < -0.3 is 4.18 Å². The summed E-state index contributed by atoms with van der Waals surface area (Å²) < 4.78 is 62.5. The van der Waals surface area contributed by atoms with Gasteiger partial charge in [0.25, 0.3) is 10.1 Å². The first-order valence-corrected chi connectivity index (χ1v) is 11.1. The molecule has 0 heterocycles. The lowest BCUT2D eigenvalue weighted by atomic mass is 9.98. The quantitative estimate of drug-likeness (QED) is 0.515. The molecule has 0 spiro atoms. The Bertz CT molecular complexity index is 1110. The van der Waals surface area contributed by atoms with Crippen LogP contribution in [-0.4, -0.2) is 27.6 Å². The molecule has 0 saturated carbocycles. The molecular formula is C19H16O6S2. The molecule has 0 radical (unpaired) electrons. The summed E-state index contributed by atoms with van der Waals surface area (Å²) in [5.74, 6) is -0.0531. The van der Waals surface area contributed by atoms with Crippen LogP contribution in [0.25, 0.3) is 22.3 Å². The highest BCUT2D eigenvalue weighted by atomic mass is 32.2. The molecule has 6 nitrogen and oxygen atoms in total. The summed E-state index contributed by atoms with van der Waals surface area (Å²) in [5, 5.41) is 0. The van der Waals surface area contributed by atoms with Gasteiger partial charge in [-0.25, -0.2) is 0 Å². The fraction of sp³-hybridized carbons (Fsp3) is 0.0526.